The number of alkyl halides is 3. The van der Waals surface area contributed by atoms with E-state index in [9.17, 15) is 18.0 Å². The van der Waals surface area contributed by atoms with Gasteiger partial charge in [0.2, 0.25) is 0 Å². The molecule has 1 amide bonds. The molecule has 1 aromatic heterocycles. The van der Waals surface area contributed by atoms with Gasteiger partial charge in [-0.1, -0.05) is 15.9 Å². The van der Waals surface area contributed by atoms with Crippen LogP contribution in [-0.4, -0.2) is 22.0 Å². The summed E-state index contributed by atoms with van der Waals surface area (Å²) in [7, 11) is 0. The highest BCUT2D eigenvalue weighted by atomic mass is 79.9. The molecule has 0 atom stereocenters. The summed E-state index contributed by atoms with van der Waals surface area (Å²) in [6, 6.07) is 3.45. The monoisotopic (exact) mass is 361 g/mol. The molecule has 1 heterocycles. The molecule has 21 heavy (non-hydrogen) atoms. The van der Waals surface area contributed by atoms with Crippen LogP contribution in [0.5, 0.6) is 0 Å². The fraction of sp³-hybridized carbons (Fsp3) is 0.231. The first-order chi connectivity index (χ1) is 9.88. The topological polar surface area (TPSA) is 46.9 Å². The second-order valence-electron chi connectivity index (χ2n) is 4.24. The summed E-state index contributed by atoms with van der Waals surface area (Å²) in [6.07, 6.45) is 0.263. The Labute approximate surface area is 127 Å². The Hall–Kier alpha value is -1.83. The molecule has 112 valence electrons. The number of nitrogens with zero attached hydrogens (tertiary/aromatic N) is 2. The molecule has 0 aliphatic rings. The molecule has 0 aliphatic carbocycles. The number of hydrogen-bond donors (Lipinski definition) is 1. The zero-order valence-corrected chi connectivity index (χ0v) is 12.3. The molecule has 1 N–H and O–H groups in total. The van der Waals surface area contributed by atoms with Crippen molar-refractivity contribution in [3.8, 4) is 0 Å². The highest BCUT2D eigenvalue weighted by molar-refractivity contribution is 9.10. The summed E-state index contributed by atoms with van der Waals surface area (Å²) in [6.45, 7) is 0.645. The summed E-state index contributed by atoms with van der Waals surface area (Å²) in [4.78, 5) is 15.7. The Kier molecular flexibility index (Phi) is 4.66. The average Bonchev–Trinajstić information content (AvgIpc) is 2.90. The van der Waals surface area contributed by atoms with Crippen molar-refractivity contribution in [1.29, 1.82) is 0 Å². The van der Waals surface area contributed by atoms with E-state index >= 15 is 0 Å². The second kappa shape index (κ2) is 6.30. The molecule has 0 fully saturated rings. The molecule has 2 aromatic rings. The number of amides is 1. The lowest BCUT2D eigenvalue weighted by Gasteiger charge is -2.13. The number of carbonyl (C=O) groups excluding carboxylic acids is 1. The minimum Gasteiger partial charge on any atom is -0.350 e. The number of hydrogen-bond acceptors (Lipinski definition) is 2. The van der Waals surface area contributed by atoms with E-state index in [1.807, 2.05) is 0 Å². The molecule has 4 nitrogen and oxygen atoms in total. The standard InChI is InChI=1S/C13H11BrF3N3O/c14-9-1-2-10(11(7-9)13(15,16)17)12(21)19-4-6-20-5-3-18-8-20/h1-3,5,7-8H,4,6H2,(H,19,21). The van der Waals surface area contributed by atoms with Crippen molar-refractivity contribution in [2.24, 2.45) is 0 Å². The van der Waals surface area contributed by atoms with Gasteiger partial charge in [-0.3, -0.25) is 4.79 Å². The van der Waals surface area contributed by atoms with E-state index in [4.69, 9.17) is 0 Å². The van der Waals surface area contributed by atoms with Gasteiger partial charge in [0, 0.05) is 30.0 Å². The number of aromatic nitrogens is 2. The average molecular weight is 362 g/mol. The van der Waals surface area contributed by atoms with Gasteiger partial charge in [-0.05, 0) is 18.2 Å². The lowest BCUT2D eigenvalue weighted by Crippen LogP contribution is -2.29. The van der Waals surface area contributed by atoms with E-state index < -0.39 is 23.2 Å². The van der Waals surface area contributed by atoms with Gasteiger partial charge in [0.15, 0.2) is 0 Å². The van der Waals surface area contributed by atoms with Crippen LogP contribution in [0.15, 0.2) is 41.4 Å². The van der Waals surface area contributed by atoms with E-state index in [1.165, 1.54) is 6.07 Å². The highest BCUT2D eigenvalue weighted by Crippen LogP contribution is 2.33. The van der Waals surface area contributed by atoms with E-state index in [-0.39, 0.29) is 11.0 Å². The Morgan fingerprint density at radius 2 is 2.14 bits per heavy atom. The van der Waals surface area contributed by atoms with Crippen LogP contribution < -0.4 is 5.32 Å². The highest BCUT2D eigenvalue weighted by Gasteiger charge is 2.35. The summed E-state index contributed by atoms with van der Waals surface area (Å²) in [5, 5.41) is 2.47. The number of rotatable bonds is 4. The van der Waals surface area contributed by atoms with Gasteiger partial charge in [-0.25, -0.2) is 4.98 Å². The molecule has 0 saturated heterocycles. The van der Waals surface area contributed by atoms with Crippen molar-refractivity contribution >= 4 is 21.8 Å². The Morgan fingerprint density at radius 1 is 1.38 bits per heavy atom. The van der Waals surface area contributed by atoms with Gasteiger partial charge in [0.05, 0.1) is 17.5 Å². The zero-order valence-electron chi connectivity index (χ0n) is 10.7. The maximum Gasteiger partial charge on any atom is 0.417 e. The van der Waals surface area contributed by atoms with Gasteiger partial charge < -0.3 is 9.88 Å². The number of imidazole rings is 1. The Balaban J connectivity index is 2.08. The number of carbonyl (C=O) groups is 1. The third kappa shape index (κ3) is 4.07. The zero-order chi connectivity index (χ0) is 15.5. The smallest absolute Gasteiger partial charge is 0.350 e. The maximum absolute atomic E-state index is 12.9. The molecule has 0 saturated carbocycles. The predicted molar refractivity (Wildman–Crippen MR) is 73.7 cm³/mol. The van der Waals surface area contributed by atoms with Crippen LogP contribution in [0.25, 0.3) is 0 Å². The number of nitrogens with one attached hydrogen (secondary N) is 1. The molecule has 0 radical (unpaired) electrons. The van der Waals surface area contributed by atoms with Crippen LogP contribution in [-0.2, 0) is 12.7 Å². The lowest BCUT2D eigenvalue weighted by atomic mass is 10.1. The first-order valence-corrected chi connectivity index (χ1v) is 6.78. The minimum absolute atomic E-state index is 0.211. The van der Waals surface area contributed by atoms with Crippen LogP contribution in [0.1, 0.15) is 15.9 Å². The van der Waals surface area contributed by atoms with Crippen LogP contribution >= 0.6 is 15.9 Å². The van der Waals surface area contributed by atoms with Gasteiger partial charge in [0.25, 0.3) is 5.91 Å². The predicted octanol–water partition coefficient (Wildman–Crippen LogP) is 3.09. The Morgan fingerprint density at radius 3 is 2.76 bits per heavy atom. The van der Waals surface area contributed by atoms with Crippen molar-refractivity contribution in [3.63, 3.8) is 0 Å². The quantitative estimate of drug-likeness (QED) is 0.909. The third-order valence-electron chi connectivity index (χ3n) is 2.75. The van der Waals surface area contributed by atoms with Crippen molar-refractivity contribution < 1.29 is 18.0 Å². The normalized spacial score (nSPS) is 11.4. The molecule has 0 spiro atoms. The molecular formula is C13H11BrF3N3O. The molecule has 8 heteroatoms. The van der Waals surface area contributed by atoms with E-state index in [0.29, 0.717) is 6.54 Å². The molecule has 0 aliphatic heterocycles. The van der Waals surface area contributed by atoms with E-state index in [2.05, 4.69) is 26.2 Å². The van der Waals surface area contributed by atoms with Gasteiger partial charge in [-0.2, -0.15) is 13.2 Å². The maximum atomic E-state index is 12.9. The molecular weight excluding hydrogens is 351 g/mol. The molecule has 1 aromatic carbocycles. The minimum atomic E-state index is -4.58. The van der Waals surface area contributed by atoms with Gasteiger partial charge in [-0.15, -0.1) is 0 Å². The molecule has 0 unspecified atom stereocenters. The molecule has 2 rings (SSSR count). The summed E-state index contributed by atoms with van der Waals surface area (Å²) in [5.74, 6) is -0.755. The first kappa shape index (κ1) is 15.6. The van der Waals surface area contributed by atoms with Crippen molar-refractivity contribution in [3.05, 3.63) is 52.5 Å². The van der Waals surface area contributed by atoms with E-state index in [1.54, 1.807) is 23.3 Å². The second-order valence-corrected chi connectivity index (χ2v) is 5.16. The fourth-order valence-corrected chi connectivity index (χ4v) is 2.12. The van der Waals surface area contributed by atoms with Crippen LogP contribution in [0.2, 0.25) is 0 Å². The lowest BCUT2D eigenvalue weighted by molar-refractivity contribution is -0.138. The van der Waals surface area contributed by atoms with Crippen LogP contribution in [0.3, 0.4) is 0 Å². The van der Waals surface area contributed by atoms with Crippen LogP contribution in [0.4, 0.5) is 13.2 Å². The summed E-state index contributed by atoms with van der Waals surface area (Å²) < 4.78 is 40.7. The molecule has 0 bridgehead atoms. The SMILES string of the molecule is O=C(NCCn1ccnc1)c1ccc(Br)cc1C(F)(F)F. The third-order valence-corrected chi connectivity index (χ3v) is 3.24. The van der Waals surface area contributed by atoms with Gasteiger partial charge >= 0.3 is 6.18 Å². The summed E-state index contributed by atoms with van der Waals surface area (Å²) in [5.41, 5.74) is -1.35. The van der Waals surface area contributed by atoms with Crippen molar-refractivity contribution in [2.45, 2.75) is 12.7 Å². The summed E-state index contributed by atoms with van der Waals surface area (Å²) >= 11 is 2.97. The first-order valence-electron chi connectivity index (χ1n) is 5.98. The fourth-order valence-electron chi connectivity index (χ4n) is 1.76. The number of halogens is 4. The van der Waals surface area contributed by atoms with Crippen molar-refractivity contribution in [2.75, 3.05) is 6.54 Å². The van der Waals surface area contributed by atoms with Gasteiger partial charge in [0.1, 0.15) is 0 Å². The largest absolute Gasteiger partial charge is 0.417 e. The number of benzene rings is 1. The van der Waals surface area contributed by atoms with Crippen LogP contribution in [0, 0.1) is 0 Å². The van der Waals surface area contributed by atoms with Crippen molar-refractivity contribution in [1.82, 2.24) is 14.9 Å². The van der Waals surface area contributed by atoms with E-state index in [0.717, 1.165) is 12.1 Å². The Bertz CT molecular complexity index is 626.